The average Bonchev–Trinajstić information content (AvgIpc) is 2.74. The number of ether oxygens (including phenoxy) is 2. The van der Waals surface area contributed by atoms with Crippen molar-refractivity contribution in [3.05, 3.63) is 68.8 Å². The Bertz CT molecular complexity index is 927. The summed E-state index contributed by atoms with van der Waals surface area (Å²) in [7, 11) is 7.36. The number of carboxylic acids is 1. The fraction of sp³-hybridized carbons (Fsp3) is 0.222. The first-order chi connectivity index (χ1) is 15.7. The van der Waals surface area contributed by atoms with Gasteiger partial charge < -0.3 is 14.6 Å². The molecule has 16 heteroatoms. The van der Waals surface area contributed by atoms with Gasteiger partial charge in [0.2, 0.25) is 9.23 Å². The van der Waals surface area contributed by atoms with Gasteiger partial charge in [0.1, 0.15) is 11.5 Å². The van der Waals surface area contributed by atoms with Gasteiger partial charge in [0, 0.05) is 45.6 Å². The summed E-state index contributed by atoms with van der Waals surface area (Å²) in [5.74, 6) is -0.439. The van der Waals surface area contributed by atoms with Gasteiger partial charge in [-0.3, -0.25) is 25.0 Å². The SMILES string of the molecule is CC(Oc1ccc([N+](=O)[O-])cc1)C(=O)Cl.CC(Oc1ccc([N+](=O)[O-])cc1)C(=O)O.O=S(Cl)Cl. The molecule has 0 amide bonds. The lowest BCUT2D eigenvalue weighted by Gasteiger charge is -2.09. The second-order valence-corrected chi connectivity index (χ2v) is 8.75. The van der Waals surface area contributed by atoms with E-state index in [0.717, 1.165) is 0 Å². The van der Waals surface area contributed by atoms with Crippen LogP contribution in [0.3, 0.4) is 0 Å². The average molecular weight is 560 g/mol. The molecule has 2 aromatic carbocycles. The van der Waals surface area contributed by atoms with E-state index in [4.69, 9.17) is 30.4 Å². The number of rotatable bonds is 8. The highest BCUT2D eigenvalue weighted by molar-refractivity contribution is 8.26. The number of carbonyl (C=O) groups excluding carboxylic acids is 1. The lowest BCUT2D eigenvalue weighted by Crippen LogP contribution is -2.22. The number of nitrogens with zero attached hydrogens (tertiary/aromatic N) is 2. The van der Waals surface area contributed by atoms with Crippen LogP contribution >= 0.6 is 33.0 Å². The summed E-state index contributed by atoms with van der Waals surface area (Å²) < 4.78 is 19.2. The zero-order valence-electron chi connectivity index (χ0n) is 17.3. The summed E-state index contributed by atoms with van der Waals surface area (Å²) in [6.45, 7) is 2.88. The maximum absolute atomic E-state index is 10.7. The molecule has 1 N–H and O–H groups in total. The van der Waals surface area contributed by atoms with Crippen LogP contribution in [0.4, 0.5) is 11.4 Å². The van der Waals surface area contributed by atoms with Gasteiger partial charge in [0.05, 0.1) is 9.85 Å². The molecule has 2 unspecified atom stereocenters. The third-order valence-electron chi connectivity index (χ3n) is 3.39. The van der Waals surface area contributed by atoms with Crippen molar-refractivity contribution >= 4 is 64.8 Å². The zero-order valence-corrected chi connectivity index (χ0v) is 20.4. The highest BCUT2D eigenvalue weighted by Gasteiger charge is 2.13. The van der Waals surface area contributed by atoms with Gasteiger partial charge in [-0.1, -0.05) is 0 Å². The minimum absolute atomic E-state index is 0.0350. The zero-order chi connectivity index (χ0) is 26.4. The molecule has 34 heavy (non-hydrogen) atoms. The standard InChI is InChI=1S/C9H8ClNO4.C9H9NO5.Cl2OS/c1-6(9(10)12)15-8-4-2-7(3-5-8)11(13)14;1-6(9(11)12)15-8-4-2-7(3-5-8)10(13)14;1-4(2)3/h2-6H,1H3;2-6H,1H3,(H,11,12);. The van der Waals surface area contributed by atoms with Crippen LogP contribution in [0.25, 0.3) is 0 Å². The molecule has 0 aromatic heterocycles. The van der Waals surface area contributed by atoms with Crippen molar-refractivity contribution in [2.24, 2.45) is 0 Å². The van der Waals surface area contributed by atoms with Crippen molar-refractivity contribution in [3.8, 4) is 11.5 Å². The number of benzene rings is 2. The smallest absolute Gasteiger partial charge is 0.344 e. The Balaban J connectivity index is 0.000000554. The van der Waals surface area contributed by atoms with E-state index in [9.17, 15) is 29.8 Å². The first kappa shape index (κ1) is 31.0. The number of non-ortho nitro benzene ring substituents is 2. The highest BCUT2D eigenvalue weighted by atomic mass is 36.0. The lowest BCUT2D eigenvalue weighted by atomic mass is 10.3. The molecule has 186 valence electrons. The van der Waals surface area contributed by atoms with E-state index in [0.29, 0.717) is 5.75 Å². The monoisotopic (exact) mass is 558 g/mol. The molecule has 12 nitrogen and oxygen atoms in total. The van der Waals surface area contributed by atoms with E-state index < -0.39 is 42.5 Å². The van der Waals surface area contributed by atoms with E-state index in [1.54, 1.807) is 0 Å². The van der Waals surface area contributed by atoms with Crippen molar-refractivity contribution < 1.29 is 38.2 Å². The van der Waals surface area contributed by atoms with Gasteiger partial charge in [0.25, 0.3) is 16.6 Å². The third kappa shape index (κ3) is 13.5. The number of hydrogen-bond donors (Lipinski definition) is 1. The summed E-state index contributed by atoms with van der Waals surface area (Å²) in [5.41, 5.74) is -0.0995. The van der Waals surface area contributed by atoms with Gasteiger partial charge in [0.15, 0.2) is 12.2 Å². The first-order valence-corrected chi connectivity index (χ1v) is 11.9. The number of carbonyl (C=O) groups is 2. The van der Waals surface area contributed by atoms with E-state index in [1.165, 1.54) is 62.4 Å². The topological polar surface area (TPSA) is 176 Å². The quantitative estimate of drug-likeness (QED) is 0.273. The van der Waals surface area contributed by atoms with Crippen molar-refractivity contribution in [3.63, 3.8) is 0 Å². The second kappa shape index (κ2) is 15.8. The molecule has 0 heterocycles. The molecule has 0 aliphatic heterocycles. The predicted molar refractivity (Wildman–Crippen MR) is 125 cm³/mol. The maximum Gasteiger partial charge on any atom is 0.344 e. The van der Waals surface area contributed by atoms with Crippen LogP contribution in [0.1, 0.15) is 13.8 Å². The van der Waals surface area contributed by atoms with Crippen molar-refractivity contribution in [2.75, 3.05) is 0 Å². The number of hydrogen-bond acceptors (Lipinski definition) is 9. The molecule has 2 aromatic rings. The van der Waals surface area contributed by atoms with Crippen molar-refractivity contribution in [1.29, 1.82) is 0 Å². The Morgan fingerprint density at radius 1 is 0.853 bits per heavy atom. The van der Waals surface area contributed by atoms with Gasteiger partial charge >= 0.3 is 5.97 Å². The fourth-order valence-electron chi connectivity index (χ4n) is 1.80. The number of carboxylic acid groups (broad SMARTS) is 1. The summed E-state index contributed by atoms with van der Waals surface area (Å²) in [6, 6.07) is 10.6. The molecule has 0 aliphatic carbocycles. The Kier molecular flexibility index (Phi) is 14.4. The normalized spacial score (nSPS) is 11.5. The second-order valence-electron chi connectivity index (χ2n) is 5.85. The van der Waals surface area contributed by atoms with Crippen LogP contribution in [-0.2, 0) is 18.8 Å². The van der Waals surface area contributed by atoms with Gasteiger partial charge in [-0.15, -0.1) is 0 Å². The van der Waals surface area contributed by atoms with Crippen LogP contribution in [0.2, 0.25) is 0 Å². The van der Waals surface area contributed by atoms with E-state index >= 15 is 0 Å². The van der Waals surface area contributed by atoms with Crippen LogP contribution in [0.5, 0.6) is 11.5 Å². The Hall–Kier alpha value is -3.00. The predicted octanol–water partition coefficient (Wildman–Crippen LogP) is 4.62. The summed E-state index contributed by atoms with van der Waals surface area (Å²) >= 11 is 5.19. The maximum atomic E-state index is 10.7. The molecular formula is C18H17Cl3N2O10S. The largest absolute Gasteiger partial charge is 0.482 e. The van der Waals surface area contributed by atoms with Crippen molar-refractivity contribution in [1.82, 2.24) is 0 Å². The van der Waals surface area contributed by atoms with E-state index in [1.807, 2.05) is 0 Å². The molecule has 0 saturated carbocycles. The molecule has 0 aliphatic rings. The van der Waals surface area contributed by atoms with Gasteiger partial charge in [-0.05, 0) is 49.7 Å². The molecule has 2 atom stereocenters. The van der Waals surface area contributed by atoms with Crippen molar-refractivity contribution in [2.45, 2.75) is 26.1 Å². The first-order valence-electron chi connectivity index (χ1n) is 8.73. The molecule has 0 radical (unpaired) electrons. The van der Waals surface area contributed by atoms with Gasteiger partial charge in [-0.25, -0.2) is 9.00 Å². The summed E-state index contributed by atoms with van der Waals surface area (Å²) in [4.78, 5) is 40.7. The number of aliphatic carboxylic acids is 1. The third-order valence-corrected chi connectivity index (χ3v) is 3.70. The Morgan fingerprint density at radius 2 is 1.15 bits per heavy atom. The van der Waals surface area contributed by atoms with E-state index in [-0.39, 0.29) is 17.1 Å². The Morgan fingerprint density at radius 3 is 1.38 bits per heavy atom. The fourth-order valence-corrected chi connectivity index (χ4v) is 1.84. The highest BCUT2D eigenvalue weighted by Crippen LogP contribution is 2.19. The minimum Gasteiger partial charge on any atom is -0.482 e. The molecule has 0 fully saturated rings. The number of halogens is 3. The van der Waals surface area contributed by atoms with E-state index in [2.05, 4.69) is 21.4 Å². The van der Waals surface area contributed by atoms with Crippen LogP contribution in [0, 0.1) is 20.2 Å². The molecule has 2 rings (SSSR count). The van der Waals surface area contributed by atoms with Crippen LogP contribution in [0.15, 0.2) is 48.5 Å². The summed E-state index contributed by atoms with van der Waals surface area (Å²) in [6.07, 6.45) is -1.75. The molecular weight excluding hydrogens is 543 g/mol. The summed E-state index contributed by atoms with van der Waals surface area (Å²) in [5, 5.41) is 28.6. The number of nitro groups is 2. The van der Waals surface area contributed by atoms with Crippen LogP contribution < -0.4 is 9.47 Å². The molecule has 0 bridgehead atoms. The molecule has 0 saturated heterocycles. The lowest BCUT2D eigenvalue weighted by molar-refractivity contribution is -0.385. The number of nitro benzene ring substituents is 2. The van der Waals surface area contributed by atoms with Gasteiger partial charge in [-0.2, -0.15) is 0 Å². The Labute approximate surface area is 209 Å². The molecule has 0 spiro atoms. The minimum atomic E-state index is -1.67. The van der Waals surface area contributed by atoms with Crippen LogP contribution in [-0.4, -0.2) is 42.6 Å².